The Labute approximate surface area is 159 Å². The molecule has 2 rings (SSSR count). The number of rotatable bonds is 7. The van der Waals surface area contributed by atoms with Crippen LogP contribution in [0.2, 0.25) is 0 Å². The Morgan fingerprint density at radius 2 is 1.92 bits per heavy atom. The summed E-state index contributed by atoms with van der Waals surface area (Å²) in [5.41, 5.74) is 1.35. The Kier molecular flexibility index (Phi) is 6.98. The van der Waals surface area contributed by atoms with Crippen LogP contribution in [0, 0.1) is 19.1 Å². The number of hydrogen-bond acceptors (Lipinski definition) is 8. The van der Waals surface area contributed by atoms with E-state index in [-0.39, 0.29) is 29.6 Å². The lowest BCUT2D eigenvalue weighted by Crippen LogP contribution is -2.35. The van der Waals surface area contributed by atoms with Crippen LogP contribution in [0.25, 0.3) is 0 Å². The highest BCUT2D eigenvalue weighted by atomic mass is 32.2. The number of aromatic nitrogens is 2. The van der Waals surface area contributed by atoms with Gasteiger partial charge in [0.2, 0.25) is 0 Å². The van der Waals surface area contributed by atoms with Crippen LogP contribution in [0.15, 0.2) is 21.5 Å². The molecule has 0 aliphatic carbocycles. The number of carbonyl (C=O) groups excluding carboxylic acids is 2. The fraction of sp³-hybridized carbons (Fsp3) is 0.412. The number of nitrogens with zero attached hydrogens (tertiary/aromatic N) is 2. The number of thiazole rings is 1. The predicted octanol–water partition coefficient (Wildman–Crippen LogP) is 2.83. The lowest BCUT2D eigenvalue weighted by Gasteiger charge is -2.09. The van der Waals surface area contributed by atoms with Gasteiger partial charge in [-0.3, -0.25) is 4.79 Å². The summed E-state index contributed by atoms with van der Waals surface area (Å²) in [4.78, 5) is 29.0. The van der Waals surface area contributed by atoms with E-state index < -0.39 is 5.97 Å². The maximum Gasteiger partial charge on any atom is 0.345 e. The third-order valence-corrected chi connectivity index (χ3v) is 5.69. The van der Waals surface area contributed by atoms with Crippen molar-refractivity contribution in [2.75, 3.05) is 13.2 Å². The highest BCUT2D eigenvalue weighted by molar-refractivity contribution is 8.01. The van der Waals surface area contributed by atoms with Crippen molar-refractivity contribution < 1.29 is 23.8 Å². The van der Waals surface area contributed by atoms with Gasteiger partial charge in [0, 0.05) is 29.6 Å². The Morgan fingerprint density at radius 1 is 1.23 bits per heavy atom. The zero-order valence-electron chi connectivity index (χ0n) is 15.0. The Hall–Kier alpha value is -2.13. The van der Waals surface area contributed by atoms with Crippen LogP contribution < -0.4 is 4.73 Å². The van der Waals surface area contributed by atoms with Crippen molar-refractivity contribution in [2.24, 2.45) is 0 Å². The van der Waals surface area contributed by atoms with Crippen molar-refractivity contribution >= 4 is 35.0 Å². The van der Waals surface area contributed by atoms with Crippen molar-refractivity contribution in [2.45, 2.75) is 43.5 Å². The molecular formula is C17H20N2O5S2. The molecule has 26 heavy (non-hydrogen) atoms. The number of aryl methyl sites for hydroxylation is 2. The second-order valence-electron chi connectivity index (χ2n) is 5.28. The number of ether oxygens (including phenoxy) is 2. The average molecular weight is 396 g/mol. The first kappa shape index (κ1) is 20.2. The van der Waals surface area contributed by atoms with Gasteiger partial charge in [0.05, 0.1) is 25.3 Å². The summed E-state index contributed by atoms with van der Waals surface area (Å²) in [6.45, 7) is 7.45. The van der Waals surface area contributed by atoms with Gasteiger partial charge < -0.3 is 14.7 Å². The van der Waals surface area contributed by atoms with E-state index >= 15 is 0 Å². The van der Waals surface area contributed by atoms with Gasteiger partial charge in [0.15, 0.2) is 10.0 Å². The molecule has 140 valence electrons. The number of pyridine rings is 1. The van der Waals surface area contributed by atoms with E-state index in [9.17, 15) is 14.8 Å². The van der Waals surface area contributed by atoms with Crippen molar-refractivity contribution in [1.82, 2.24) is 4.98 Å². The molecule has 0 saturated heterocycles. The molecule has 2 aromatic heterocycles. The predicted molar refractivity (Wildman–Crippen MR) is 97.4 cm³/mol. The van der Waals surface area contributed by atoms with E-state index in [1.165, 1.54) is 11.3 Å². The molecular weight excluding hydrogens is 376 g/mol. The molecule has 0 saturated carbocycles. The SMILES string of the molecule is CCOC(=O)Cc1sc(Sc2c(C(=O)OCC)ccc(C)[n+]2[O-])nc1C. The summed E-state index contributed by atoms with van der Waals surface area (Å²) >= 11 is 2.39. The highest BCUT2D eigenvalue weighted by Crippen LogP contribution is 2.33. The summed E-state index contributed by atoms with van der Waals surface area (Å²) in [7, 11) is 0. The van der Waals surface area contributed by atoms with E-state index in [0.29, 0.717) is 27.1 Å². The van der Waals surface area contributed by atoms with E-state index in [0.717, 1.165) is 16.6 Å². The van der Waals surface area contributed by atoms with Gasteiger partial charge in [0.25, 0.3) is 5.03 Å². The van der Waals surface area contributed by atoms with Crippen molar-refractivity contribution in [1.29, 1.82) is 0 Å². The number of hydrogen-bond donors (Lipinski definition) is 0. The van der Waals surface area contributed by atoms with Crippen LogP contribution in [-0.4, -0.2) is 30.1 Å². The molecule has 0 spiro atoms. The summed E-state index contributed by atoms with van der Waals surface area (Å²) < 4.78 is 11.3. The lowest BCUT2D eigenvalue weighted by molar-refractivity contribution is -0.652. The molecule has 0 unspecified atom stereocenters. The second-order valence-corrected chi connectivity index (χ2v) is 7.60. The third-order valence-electron chi connectivity index (χ3n) is 3.39. The summed E-state index contributed by atoms with van der Waals surface area (Å²) in [6.07, 6.45) is 0.133. The second kappa shape index (κ2) is 9.00. The monoisotopic (exact) mass is 396 g/mol. The number of esters is 2. The minimum atomic E-state index is -0.556. The molecule has 0 aliphatic heterocycles. The molecule has 7 nitrogen and oxygen atoms in total. The average Bonchev–Trinajstić information content (AvgIpc) is 2.91. The van der Waals surface area contributed by atoms with Gasteiger partial charge in [-0.25, -0.2) is 9.78 Å². The maximum atomic E-state index is 12.4. The van der Waals surface area contributed by atoms with Crippen LogP contribution >= 0.6 is 23.1 Å². The van der Waals surface area contributed by atoms with Gasteiger partial charge in [-0.2, -0.15) is 4.73 Å². The molecule has 0 aliphatic rings. The fourth-order valence-electron chi connectivity index (χ4n) is 2.11. The topological polar surface area (TPSA) is 92.4 Å². The summed E-state index contributed by atoms with van der Waals surface area (Å²) in [5.74, 6) is -0.878. The summed E-state index contributed by atoms with van der Waals surface area (Å²) in [5, 5.41) is 12.7. The molecule has 0 amide bonds. The fourth-order valence-corrected chi connectivity index (χ4v) is 4.43. The van der Waals surface area contributed by atoms with Crippen LogP contribution in [0.4, 0.5) is 0 Å². The lowest BCUT2D eigenvalue weighted by atomic mass is 10.2. The quantitative estimate of drug-likeness (QED) is 0.404. The highest BCUT2D eigenvalue weighted by Gasteiger charge is 2.25. The first-order valence-corrected chi connectivity index (χ1v) is 9.70. The van der Waals surface area contributed by atoms with E-state index in [1.54, 1.807) is 39.8 Å². The van der Waals surface area contributed by atoms with Crippen LogP contribution in [0.1, 0.15) is 40.5 Å². The molecule has 0 fully saturated rings. The Balaban J connectivity index is 2.32. The molecule has 2 aromatic rings. The smallest absolute Gasteiger partial charge is 0.345 e. The van der Waals surface area contributed by atoms with Gasteiger partial charge >= 0.3 is 11.9 Å². The Morgan fingerprint density at radius 3 is 2.58 bits per heavy atom. The largest absolute Gasteiger partial charge is 0.618 e. The van der Waals surface area contributed by atoms with E-state index in [1.807, 2.05) is 0 Å². The standard InChI is InChI=1S/C17H20N2O5S2/c1-5-23-14(20)9-13-11(4)18-17(25-13)26-15-12(16(21)24-6-2)8-7-10(3)19(15)22/h7-8H,5-6,9H2,1-4H3. The number of carbonyl (C=O) groups is 2. The van der Waals surface area contributed by atoms with Crippen molar-refractivity contribution in [3.8, 4) is 0 Å². The molecule has 0 radical (unpaired) electrons. The van der Waals surface area contributed by atoms with Crippen molar-refractivity contribution in [3.05, 3.63) is 39.2 Å². The molecule has 2 heterocycles. The summed E-state index contributed by atoms with van der Waals surface area (Å²) in [6, 6.07) is 3.15. The van der Waals surface area contributed by atoms with Crippen LogP contribution in [0.3, 0.4) is 0 Å². The van der Waals surface area contributed by atoms with Gasteiger partial charge in [-0.05, 0) is 26.8 Å². The van der Waals surface area contributed by atoms with E-state index in [4.69, 9.17) is 9.47 Å². The maximum absolute atomic E-state index is 12.4. The molecule has 0 aromatic carbocycles. The van der Waals surface area contributed by atoms with Crippen LogP contribution in [0.5, 0.6) is 0 Å². The molecule has 9 heteroatoms. The zero-order chi connectivity index (χ0) is 19.3. The van der Waals surface area contributed by atoms with Crippen LogP contribution in [-0.2, 0) is 20.7 Å². The third kappa shape index (κ3) is 4.73. The van der Waals surface area contributed by atoms with E-state index in [2.05, 4.69) is 4.98 Å². The van der Waals surface area contributed by atoms with Gasteiger partial charge in [-0.15, -0.1) is 11.3 Å². The molecule has 0 bridgehead atoms. The first-order valence-electron chi connectivity index (χ1n) is 8.07. The molecule has 0 N–H and O–H groups in total. The molecule has 0 atom stereocenters. The normalized spacial score (nSPS) is 10.6. The Bertz CT molecular complexity index is 820. The zero-order valence-corrected chi connectivity index (χ0v) is 16.7. The minimum Gasteiger partial charge on any atom is -0.618 e. The van der Waals surface area contributed by atoms with Gasteiger partial charge in [-0.1, -0.05) is 0 Å². The van der Waals surface area contributed by atoms with Gasteiger partial charge in [0.1, 0.15) is 5.56 Å². The first-order chi connectivity index (χ1) is 12.4. The van der Waals surface area contributed by atoms with Crippen molar-refractivity contribution in [3.63, 3.8) is 0 Å². The minimum absolute atomic E-state index is 0.133.